The van der Waals surface area contributed by atoms with Gasteiger partial charge in [0, 0.05) is 16.5 Å². The molecule has 1 heteroatoms. The first kappa shape index (κ1) is 20.8. The number of hydrogen-bond acceptors (Lipinski definition) is 0. The molecule has 5 aromatic carbocycles. The highest BCUT2D eigenvalue weighted by atomic mass is 15.0. The Bertz CT molecular complexity index is 2450. The third kappa shape index (κ3) is 5.98. The molecule has 230 valence electrons. The predicted octanol–water partition coefficient (Wildman–Crippen LogP) is 12.1. The first-order valence-corrected chi connectivity index (χ1v) is 15.8. The molecular formula is C44H49N. The van der Waals surface area contributed by atoms with E-state index < -0.39 is 29.6 Å². The fourth-order valence-corrected chi connectivity index (χ4v) is 6.35. The summed E-state index contributed by atoms with van der Waals surface area (Å²) in [5.74, 6) is 0. The molecule has 0 aliphatic rings. The molecule has 1 heterocycles. The Balaban J connectivity index is 1.80. The summed E-state index contributed by atoms with van der Waals surface area (Å²) in [6.07, 6.45) is 0.561. The van der Waals surface area contributed by atoms with Gasteiger partial charge in [-0.2, -0.15) is 0 Å². The highest BCUT2D eigenvalue weighted by Gasteiger charge is 2.28. The standard InChI is InChI=1S/C44H49N/c1-42(2,3)33-27-34(43(4,5)6)29-35(28-33)45-37-22-16-21-32(24-23-30-17-12-10-13-18-30)39(37)40-38(45)26-25-36(41(40)44(7,8)9)31-19-14-11-15-20-31/h10-22,25-29H,23-24H2,1-9H3/i10D,11D,12D,13D,14D,15D,17D,18D,19D,20D. The largest absolute Gasteiger partial charge is 0.309 e. The number of benzene rings is 5. The molecule has 0 saturated carbocycles. The third-order valence-electron chi connectivity index (χ3n) is 8.67. The van der Waals surface area contributed by atoms with Gasteiger partial charge in [0.05, 0.1) is 24.7 Å². The molecule has 0 saturated heterocycles. The number of rotatable bonds is 5. The van der Waals surface area contributed by atoms with E-state index in [1.165, 1.54) is 11.1 Å². The molecule has 45 heavy (non-hydrogen) atoms. The van der Waals surface area contributed by atoms with Crippen LogP contribution in [0, 0.1) is 0 Å². The molecule has 0 aliphatic carbocycles. The molecule has 0 aliphatic heterocycles. The van der Waals surface area contributed by atoms with Crippen molar-refractivity contribution in [1.82, 2.24) is 4.57 Å². The summed E-state index contributed by atoms with van der Waals surface area (Å²) >= 11 is 0. The van der Waals surface area contributed by atoms with Crippen molar-refractivity contribution in [2.75, 3.05) is 0 Å². The minimum absolute atomic E-state index is 0.139. The molecule has 6 aromatic rings. The number of fused-ring (bicyclic) bond motifs is 3. The van der Waals surface area contributed by atoms with Crippen molar-refractivity contribution in [2.24, 2.45) is 0 Å². The second-order valence-electron chi connectivity index (χ2n) is 15.2. The van der Waals surface area contributed by atoms with Gasteiger partial charge in [0.15, 0.2) is 0 Å². The Morgan fingerprint density at radius 2 is 1.16 bits per heavy atom. The zero-order chi connectivity index (χ0) is 40.9. The third-order valence-corrected chi connectivity index (χ3v) is 8.67. The van der Waals surface area contributed by atoms with Gasteiger partial charge >= 0.3 is 0 Å². The van der Waals surface area contributed by atoms with Crippen molar-refractivity contribution >= 4 is 21.8 Å². The van der Waals surface area contributed by atoms with Crippen LogP contribution in [0.5, 0.6) is 0 Å². The monoisotopic (exact) mass is 601 g/mol. The highest BCUT2D eigenvalue weighted by molar-refractivity contribution is 6.14. The number of aromatic nitrogens is 1. The van der Waals surface area contributed by atoms with E-state index in [1.54, 1.807) is 0 Å². The van der Waals surface area contributed by atoms with Crippen molar-refractivity contribution in [3.63, 3.8) is 0 Å². The first-order valence-electron chi connectivity index (χ1n) is 20.8. The van der Waals surface area contributed by atoms with E-state index in [9.17, 15) is 0 Å². The van der Waals surface area contributed by atoms with Gasteiger partial charge in [0.2, 0.25) is 0 Å². The summed E-state index contributed by atoms with van der Waals surface area (Å²) in [6, 6.07) is 13.3. The van der Waals surface area contributed by atoms with Gasteiger partial charge < -0.3 is 4.57 Å². The Hall–Kier alpha value is -4.10. The number of nitrogens with zero attached hydrogens (tertiary/aromatic N) is 1. The molecule has 0 amide bonds. The smallest absolute Gasteiger partial charge is 0.0629 e. The Labute approximate surface area is 285 Å². The average molecular weight is 602 g/mol. The maximum absolute atomic E-state index is 8.98. The van der Waals surface area contributed by atoms with Gasteiger partial charge in [0.25, 0.3) is 0 Å². The van der Waals surface area contributed by atoms with Crippen LogP contribution in [0.1, 0.15) is 104 Å². The van der Waals surface area contributed by atoms with E-state index in [0.717, 1.165) is 38.6 Å². The van der Waals surface area contributed by atoms with Crippen molar-refractivity contribution < 1.29 is 13.7 Å². The predicted molar refractivity (Wildman–Crippen MR) is 196 cm³/mol. The van der Waals surface area contributed by atoms with E-state index in [2.05, 4.69) is 91.1 Å². The van der Waals surface area contributed by atoms with Gasteiger partial charge in [-0.05, 0) is 92.3 Å². The van der Waals surface area contributed by atoms with Crippen molar-refractivity contribution in [1.29, 1.82) is 0 Å². The van der Waals surface area contributed by atoms with Gasteiger partial charge in [0.1, 0.15) is 0 Å². The topological polar surface area (TPSA) is 4.93 Å². The maximum atomic E-state index is 8.98. The van der Waals surface area contributed by atoms with Crippen molar-refractivity contribution in [3.8, 4) is 16.8 Å². The van der Waals surface area contributed by atoms with E-state index in [0.29, 0.717) is 12.0 Å². The molecular weight excluding hydrogens is 542 g/mol. The molecule has 0 unspecified atom stereocenters. The lowest BCUT2D eigenvalue weighted by Gasteiger charge is -2.27. The average Bonchev–Trinajstić information content (AvgIpc) is 3.44. The van der Waals surface area contributed by atoms with Crippen LogP contribution in [0.3, 0.4) is 0 Å². The van der Waals surface area contributed by atoms with E-state index in [-0.39, 0.29) is 64.6 Å². The van der Waals surface area contributed by atoms with Crippen LogP contribution in [-0.2, 0) is 29.1 Å². The summed E-state index contributed by atoms with van der Waals surface area (Å²) in [5.41, 5.74) is 6.87. The van der Waals surface area contributed by atoms with Crippen LogP contribution in [0.2, 0.25) is 0 Å². The van der Waals surface area contributed by atoms with Crippen LogP contribution in [0.15, 0.2) is 109 Å². The van der Waals surface area contributed by atoms with Crippen LogP contribution in [0.25, 0.3) is 38.6 Å². The van der Waals surface area contributed by atoms with E-state index in [4.69, 9.17) is 13.7 Å². The summed E-state index contributed by atoms with van der Waals surface area (Å²) in [7, 11) is 0. The number of hydrogen-bond donors (Lipinski definition) is 0. The molecule has 0 atom stereocenters. The van der Waals surface area contributed by atoms with Crippen LogP contribution in [-0.4, -0.2) is 4.57 Å². The summed E-state index contributed by atoms with van der Waals surface area (Å²) in [4.78, 5) is 0. The maximum Gasteiger partial charge on any atom is 0.0629 e. The lowest BCUT2D eigenvalue weighted by molar-refractivity contribution is 0.568. The molecule has 0 bridgehead atoms. The van der Waals surface area contributed by atoms with E-state index >= 15 is 0 Å². The van der Waals surface area contributed by atoms with Gasteiger partial charge in [-0.3, -0.25) is 0 Å². The van der Waals surface area contributed by atoms with Gasteiger partial charge in [-0.15, -0.1) is 0 Å². The molecule has 6 rings (SSSR count). The van der Waals surface area contributed by atoms with Gasteiger partial charge in [-0.1, -0.05) is 147 Å². The highest BCUT2D eigenvalue weighted by Crippen LogP contribution is 2.45. The Morgan fingerprint density at radius 1 is 0.578 bits per heavy atom. The van der Waals surface area contributed by atoms with E-state index in [1.807, 2.05) is 24.3 Å². The molecule has 0 spiro atoms. The summed E-state index contributed by atoms with van der Waals surface area (Å²) in [6.45, 7) is 19.4. The lowest BCUT2D eigenvalue weighted by atomic mass is 9.78. The fourth-order valence-electron chi connectivity index (χ4n) is 6.35. The zero-order valence-corrected chi connectivity index (χ0v) is 28.0. The first-order chi connectivity index (χ1) is 25.4. The quantitative estimate of drug-likeness (QED) is 0.185. The SMILES string of the molecule is [2H]c1c([2H])c([2H])c(CCc2cccc3c2c2c(C(C)(C)C)c(-c4c([2H])c([2H])c([2H])c([2H])c4[2H])ccc2n3-c2cc(C(C)(C)C)cc(C(C)(C)C)c2)c([2H])c1[2H]. The molecule has 0 fully saturated rings. The summed E-state index contributed by atoms with van der Waals surface area (Å²) in [5, 5.41) is 1.78. The normalized spacial score (nSPS) is 15.8. The minimum Gasteiger partial charge on any atom is -0.309 e. The second-order valence-corrected chi connectivity index (χ2v) is 15.2. The second kappa shape index (κ2) is 11.4. The minimum atomic E-state index is -0.583. The molecule has 1 nitrogen and oxygen atoms in total. The van der Waals surface area contributed by atoms with Crippen LogP contribution < -0.4 is 0 Å². The Morgan fingerprint density at radius 3 is 1.73 bits per heavy atom. The molecule has 1 aromatic heterocycles. The Kier molecular flexibility index (Phi) is 5.26. The van der Waals surface area contributed by atoms with Crippen molar-refractivity contribution in [3.05, 3.63) is 137 Å². The van der Waals surface area contributed by atoms with Gasteiger partial charge in [-0.25, -0.2) is 0 Å². The molecule has 0 radical (unpaired) electrons. The lowest BCUT2D eigenvalue weighted by Crippen LogP contribution is -2.17. The number of aryl methyl sites for hydroxylation is 1. The van der Waals surface area contributed by atoms with Crippen LogP contribution in [0.4, 0.5) is 0 Å². The van der Waals surface area contributed by atoms with Crippen LogP contribution >= 0.6 is 0 Å². The zero-order valence-electron chi connectivity index (χ0n) is 38.0. The fraction of sp³-hybridized carbons (Fsp3) is 0.318. The summed E-state index contributed by atoms with van der Waals surface area (Å²) < 4.78 is 87.5. The molecule has 0 N–H and O–H groups in total. The van der Waals surface area contributed by atoms with Crippen molar-refractivity contribution in [2.45, 2.75) is 91.4 Å².